The van der Waals surface area contributed by atoms with Crippen molar-refractivity contribution in [1.82, 2.24) is 4.98 Å². The van der Waals surface area contributed by atoms with Gasteiger partial charge >= 0.3 is 0 Å². The molecule has 2 fully saturated rings. The number of benzene rings is 1. The van der Waals surface area contributed by atoms with E-state index in [1.807, 2.05) is 23.1 Å². The van der Waals surface area contributed by atoms with E-state index in [0.717, 1.165) is 18.2 Å². The van der Waals surface area contributed by atoms with Crippen molar-refractivity contribution < 1.29 is 18.3 Å². The highest BCUT2D eigenvalue weighted by Crippen LogP contribution is 2.34. The first-order chi connectivity index (χ1) is 15.4. The predicted molar refractivity (Wildman–Crippen MR) is 128 cm³/mol. The van der Waals surface area contributed by atoms with Gasteiger partial charge < -0.3 is 15.3 Å². The second-order valence-corrected chi connectivity index (χ2v) is 11.7. The average Bonchev–Trinajstić information content (AvgIpc) is 3.27. The quantitative estimate of drug-likeness (QED) is 0.626. The molecule has 4 rings (SSSR count). The van der Waals surface area contributed by atoms with Crippen LogP contribution in [0.2, 0.25) is 5.02 Å². The van der Waals surface area contributed by atoms with Crippen LogP contribution in [-0.2, 0) is 14.6 Å². The lowest BCUT2D eigenvalue weighted by atomic mass is 9.87. The molecular formula is C23H30ClN3O4S. The van der Waals surface area contributed by atoms with Crippen molar-refractivity contribution in [2.24, 2.45) is 5.92 Å². The summed E-state index contributed by atoms with van der Waals surface area (Å²) in [5.74, 6) is 0.902. The van der Waals surface area contributed by atoms with Crippen molar-refractivity contribution in [3.05, 3.63) is 29.3 Å². The van der Waals surface area contributed by atoms with Gasteiger partial charge in [-0.1, -0.05) is 30.9 Å². The van der Waals surface area contributed by atoms with Gasteiger partial charge in [-0.2, -0.15) is 0 Å². The summed E-state index contributed by atoms with van der Waals surface area (Å²) in [7, 11) is -3.32. The molecule has 7 nitrogen and oxygen atoms in total. The van der Waals surface area contributed by atoms with E-state index in [9.17, 15) is 13.2 Å². The minimum absolute atomic E-state index is 0.0214. The molecule has 1 aromatic carbocycles. The molecule has 1 aliphatic carbocycles. The maximum absolute atomic E-state index is 12.7. The summed E-state index contributed by atoms with van der Waals surface area (Å²) in [5.41, 5.74) is 1.27. The van der Waals surface area contributed by atoms with Gasteiger partial charge in [0.2, 0.25) is 5.91 Å². The Morgan fingerprint density at radius 1 is 1.16 bits per heavy atom. The van der Waals surface area contributed by atoms with Gasteiger partial charge in [-0.15, -0.1) is 0 Å². The summed E-state index contributed by atoms with van der Waals surface area (Å²) < 4.78 is 24.6. The number of anilines is 2. The lowest BCUT2D eigenvalue weighted by Crippen LogP contribution is -2.29. The second kappa shape index (κ2) is 9.93. The van der Waals surface area contributed by atoms with Gasteiger partial charge in [-0.05, 0) is 49.4 Å². The molecular weight excluding hydrogens is 450 g/mol. The number of nitrogens with one attached hydrogen (secondary N) is 1. The molecule has 32 heavy (non-hydrogen) atoms. The largest absolute Gasteiger partial charge is 0.395 e. The van der Waals surface area contributed by atoms with Crippen LogP contribution in [0.5, 0.6) is 0 Å². The van der Waals surface area contributed by atoms with Crippen molar-refractivity contribution in [3.8, 4) is 0 Å². The normalized spacial score (nSPS) is 20.1. The number of fused-ring (bicyclic) bond motifs is 1. The third-order valence-electron chi connectivity index (χ3n) is 6.62. The van der Waals surface area contributed by atoms with Crippen molar-refractivity contribution in [3.63, 3.8) is 0 Å². The molecule has 174 valence electrons. The van der Waals surface area contributed by atoms with Gasteiger partial charge in [0, 0.05) is 24.9 Å². The van der Waals surface area contributed by atoms with Crippen LogP contribution in [0.1, 0.15) is 44.9 Å². The van der Waals surface area contributed by atoms with Crippen LogP contribution < -0.4 is 10.2 Å². The number of carbonyl (C=O) groups excluding carboxylic acids is 1. The van der Waals surface area contributed by atoms with Gasteiger partial charge in [0.05, 0.1) is 33.8 Å². The molecule has 2 N–H and O–H groups in total. The minimum Gasteiger partial charge on any atom is -0.395 e. The summed E-state index contributed by atoms with van der Waals surface area (Å²) in [4.78, 5) is 19.3. The number of carbonyl (C=O) groups is 1. The number of aromatic nitrogens is 1. The Morgan fingerprint density at radius 3 is 2.69 bits per heavy atom. The van der Waals surface area contributed by atoms with E-state index in [-0.39, 0.29) is 18.3 Å². The third-order valence-corrected chi connectivity index (χ3v) is 9.09. The first-order valence-corrected chi connectivity index (χ1v) is 13.4. The van der Waals surface area contributed by atoms with E-state index >= 15 is 0 Å². The van der Waals surface area contributed by atoms with Crippen LogP contribution >= 0.6 is 11.6 Å². The molecule has 2 heterocycles. The molecule has 1 saturated heterocycles. The highest BCUT2D eigenvalue weighted by Gasteiger charge is 2.33. The summed E-state index contributed by atoms with van der Waals surface area (Å²) in [6.07, 6.45) is 6.88. The average molecular weight is 480 g/mol. The number of aliphatic hydroxyl groups excluding tert-OH is 1. The zero-order valence-electron chi connectivity index (χ0n) is 18.1. The molecule has 2 aromatic rings. The second-order valence-electron chi connectivity index (χ2n) is 8.86. The van der Waals surface area contributed by atoms with E-state index in [2.05, 4.69) is 5.32 Å². The zero-order valence-corrected chi connectivity index (χ0v) is 19.7. The molecule has 1 aromatic heterocycles. The molecule has 9 heteroatoms. The first kappa shape index (κ1) is 23.3. The van der Waals surface area contributed by atoms with E-state index in [0.29, 0.717) is 53.9 Å². The van der Waals surface area contributed by atoms with Crippen LogP contribution in [0, 0.1) is 5.92 Å². The molecule has 2 aliphatic rings. The SMILES string of the molecule is O=C(CC1CCCCC1)Nc1c(Cl)ccc2nc(N3CC[C@H](S(=O)(=O)CCO)C3)ccc12. The Morgan fingerprint density at radius 2 is 1.94 bits per heavy atom. The predicted octanol–water partition coefficient (Wildman–Crippen LogP) is 3.78. The van der Waals surface area contributed by atoms with Crippen LogP contribution in [-0.4, -0.2) is 55.1 Å². The number of sulfone groups is 1. The third kappa shape index (κ3) is 5.18. The van der Waals surface area contributed by atoms with Crippen molar-refractivity contribution in [2.75, 3.05) is 35.7 Å². The number of halogens is 1. The molecule has 0 unspecified atom stereocenters. The molecule has 1 saturated carbocycles. The summed E-state index contributed by atoms with van der Waals surface area (Å²) in [6.45, 7) is 0.592. The Bertz CT molecular complexity index is 1090. The van der Waals surface area contributed by atoms with E-state index in [1.165, 1.54) is 19.3 Å². The molecule has 0 radical (unpaired) electrons. The van der Waals surface area contributed by atoms with Gasteiger partial charge in [0.1, 0.15) is 5.82 Å². The van der Waals surface area contributed by atoms with E-state index in [4.69, 9.17) is 21.7 Å². The van der Waals surface area contributed by atoms with Crippen LogP contribution in [0.3, 0.4) is 0 Å². The summed E-state index contributed by atoms with van der Waals surface area (Å²) >= 11 is 6.42. The summed E-state index contributed by atoms with van der Waals surface area (Å²) in [6, 6.07) is 7.27. The van der Waals surface area contributed by atoms with Gasteiger partial charge in [-0.25, -0.2) is 13.4 Å². The number of rotatable bonds is 7. The van der Waals surface area contributed by atoms with Crippen LogP contribution in [0.25, 0.3) is 10.9 Å². The van der Waals surface area contributed by atoms with Crippen molar-refractivity contribution in [1.29, 1.82) is 0 Å². The maximum Gasteiger partial charge on any atom is 0.224 e. The molecule has 0 spiro atoms. The van der Waals surface area contributed by atoms with Crippen LogP contribution in [0.4, 0.5) is 11.5 Å². The van der Waals surface area contributed by atoms with Gasteiger partial charge in [0.15, 0.2) is 9.84 Å². The van der Waals surface area contributed by atoms with Crippen LogP contribution in [0.15, 0.2) is 24.3 Å². The fourth-order valence-electron chi connectivity index (χ4n) is 4.84. The number of pyridine rings is 1. The Hall–Kier alpha value is -1.90. The number of hydrogen-bond acceptors (Lipinski definition) is 6. The highest BCUT2D eigenvalue weighted by atomic mass is 35.5. The standard InChI is InChI=1S/C23H30ClN3O4S/c24-19-7-8-20-18(23(19)26-22(29)14-16-4-2-1-3-5-16)6-9-21(25-20)27-11-10-17(15-27)32(30,31)13-12-28/h6-9,16-17,28H,1-5,10-15H2,(H,26,29)/t17-/m0/s1. The number of aliphatic hydroxyl groups is 1. The van der Waals surface area contributed by atoms with Crippen molar-refractivity contribution >= 4 is 49.8 Å². The lowest BCUT2D eigenvalue weighted by molar-refractivity contribution is -0.117. The van der Waals surface area contributed by atoms with Gasteiger partial charge in [-0.3, -0.25) is 4.79 Å². The zero-order chi connectivity index (χ0) is 22.7. The van der Waals surface area contributed by atoms with Gasteiger partial charge in [0.25, 0.3) is 0 Å². The molecule has 0 bridgehead atoms. The van der Waals surface area contributed by atoms with E-state index < -0.39 is 15.1 Å². The first-order valence-electron chi connectivity index (χ1n) is 11.3. The minimum atomic E-state index is -3.32. The monoisotopic (exact) mass is 479 g/mol. The number of nitrogens with zero attached hydrogens (tertiary/aromatic N) is 2. The van der Waals surface area contributed by atoms with E-state index in [1.54, 1.807) is 6.07 Å². The topological polar surface area (TPSA) is 99.6 Å². The maximum atomic E-state index is 12.7. The molecule has 1 amide bonds. The number of hydrogen-bond donors (Lipinski definition) is 2. The Kier molecular flexibility index (Phi) is 7.22. The molecule has 1 atom stereocenters. The lowest BCUT2D eigenvalue weighted by Gasteiger charge is -2.21. The smallest absolute Gasteiger partial charge is 0.224 e. The fraction of sp³-hybridized carbons (Fsp3) is 0.565. The number of amides is 1. The Balaban J connectivity index is 1.50. The Labute approximate surface area is 194 Å². The summed E-state index contributed by atoms with van der Waals surface area (Å²) in [5, 5.41) is 12.8. The highest BCUT2D eigenvalue weighted by molar-refractivity contribution is 7.92. The fourth-order valence-corrected chi connectivity index (χ4v) is 6.51. The molecule has 1 aliphatic heterocycles. The van der Waals surface area contributed by atoms with Crippen molar-refractivity contribution in [2.45, 2.75) is 50.2 Å².